The standard InChI is InChI=1S/C28H40O8/c1-5-7-16-34-27-26(35-18-21-10-14-23(31-4)15-11-21)25(29)24(36-28(27)33-6-2)19-32-17-20-8-12-22(30-3)13-9-20/h8-15,24-29H,5-7,16-19H2,1-4H3. The molecule has 0 spiro atoms. The first kappa shape index (κ1) is 28.4. The van der Waals surface area contributed by atoms with Gasteiger partial charge in [0.1, 0.15) is 35.9 Å². The Bertz CT molecular complexity index is 857. The summed E-state index contributed by atoms with van der Waals surface area (Å²) in [4.78, 5) is 0. The molecule has 1 N–H and O–H groups in total. The van der Waals surface area contributed by atoms with Crippen LogP contribution in [0.15, 0.2) is 48.5 Å². The first-order valence-corrected chi connectivity index (χ1v) is 12.6. The van der Waals surface area contributed by atoms with Gasteiger partial charge in [0, 0.05) is 13.2 Å². The minimum atomic E-state index is -0.956. The fraction of sp³-hybridized carbons (Fsp3) is 0.571. The second-order valence-electron chi connectivity index (χ2n) is 8.66. The number of unbranched alkanes of at least 4 members (excludes halogenated alkanes) is 1. The van der Waals surface area contributed by atoms with Gasteiger partial charge >= 0.3 is 0 Å². The molecule has 0 aromatic heterocycles. The first-order chi connectivity index (χ1) is 17.6. The number of rotatable bonds is 15. The largest absolute Gasteiger partial charge is 0.497 e. The topological polar surface area (TPSA) is 84.8 Å². The van der Waals surface area contributed by atoms with Gasteiger partial charge in [0.05, 0.1) is 34.0 Å². The van der Waals surface area contributed by atoms with Gasteiger partial charge in [-0.1, -0.05) is 37.6 Å². The molecule has 5 atom stereocenters. The smallest absolute Gasteiger partial charge is 0.186 e. The lowest BCUT2D eigenvalue weighted by Gasteiger charge is -2.44. The van der Waals surface area contributed by atoms with E-state index in [1.807, 2.05) is 55.5 Å². The Kier molecular flexibility index (Phi) is 11.9. The van der Waals surface area contributed by atoms with Crippen LogP contribution in [0.5, 0.6) is 11.5 Å². The molecular formula is C28H40O8. The molecule has 8 nitrogen and oxygen atoms in total. The summed E-state index contributed by atoms with van der Waals surface area (Å²) in [5, 5.41) is 11.3. The number of aliphatic hydroxyl groups excluding tert-OH is 1. The zero-order valence-electron chi connectivity index (χ0n) is 21.8. The van der Waals surface area contributed by atoms with E-state index in [-0.39, 0.29) is 6.61 Å². The van der Waals surface area contributed by atoms with Gasteiger partial charge < -0.3 is 38.3 Å². The molecule has 0 radical (unpaired) electrons. The van der Waals surface area contributed by atoms with Crippen LogP contribution < -0.4 is 9.47 Å². The van der Waals surface area contributed by atoms with Crippen LogP contribution in [0.1, 0.15) is 37.8 Å². The molecule has 0 aliphatic carbocycles. The van der Waals surface area contributed by atoms with Crippen LogP contribution in [0.4, 0.5) is 0 Å². The minimum absolute atomic E-state index is 0.181. The van der Waals surface area contributed by atoms with Crippen molar-refractivity contribution in [2.45, 2.75) is 70.6 Å². The third-order valence-corrected chi connectivity index (χ3v) is 6.07. The van der Waals surface area contributed by atoms with Crippen LogP contribution in [-0.4, -0.2) is 69.9 Å². The summed E-state index contributed by atoms with van der Waals surface area (Å²) < 4.78 is 40.7. The Morgan fingerprint density at radius 2 is 1.39 bits per heavy atom. The van der Waals surface area contributed by atoms with Gasteiger partial charge in [0.25, 0.3) is 0 Å². The number of hydrogen-bond donors (Lipinski definition) is 1. The number of ether oxygens (including phenoxy) is 7. The molecule has 5 unspecified atom stereocenters. The van der Waals surface area contributed by atoms with Crippen molar-refractivity contribution < 1.29 is 38.3 Å². The Balaban J connectivity index is 1.68. The van der Waals surface area contributed by atoms with E-state index in [1.165, 1.54) is 0 Å². The van der Waals surface area contributed by atoms with E-state index in [0.29, 0.717) is 26.4 Å². The lowest BCUT2D eigenvalue weighted by molar-refractivity contribution is -0.318. The van der Waals surface area contributed by atoms with Gasteiger partial charge in [-0.2, -0.15) is 0 Å². The maximum Gasteiger partial charge on any atom is 0.186 e. The highest BCUT2D eigenvalue weighted by molar-refractivity contribution is 5.27. The van der Waals surface area contributed by atoms with E-state index >= 15 is 0 Å². The summed E-state index contributed by atoms with van der Waals surface area (Å²) in [5.41, 5.74) is 1.96. The van der Waals surface area contributed by atoms with E-state index in [2.05, 4.69) is 6.92 Å². The van der Waals surface area contributed by atoms with Gasteiger partial charge in [0.15, 0.2) is 6.29 Å². The van der Waals surface area contributed by atoms with Crippen molar-refractivity contribution in [2.24, 2.45) is 0 Å². The highest BCUT2D eigenvalue weighted by atomic mass is 16.7. The highest BCUT2D eigenvalue weighted by Gasteiger charge is 2.47. The van der Waals surface area contributed by atoms with Crippen molar-refractivity contribution in [3.63, 3.8) is 0 Å². The monoisotopic (exact) mass is 504 g/mol. The average molecular weight is 505 g/mol. The van der Waals surface area contributed by atoms with Gasteiger partial charge in [0.2, 0.25) is 0 Å². The van der Waals surface area contributed by atoms with Crippen LogP contribution in [0, 0.1) is 0 Å². The molecule has 8 heteroatoms. The lowest BCUT2D eigenvalue weighted by Crippen LogP contribution is -2.61. The molecule has 2 aromatic carbocycles. The normalized spacial score (nSPS) is 24.0. The average Bonchev–Trinajstić information content (AvgIpc) is 2.91. The zero-order chi connectivity index (χ0) is 25.8. The van der Waals surface area contributed by atoms with Crippen LogP contribution in [0.2, 0.25) is 0 Å². The predicted molar refractivity (Wildman–Crippen MR) is 135 cm³/mol. The van der Waals surface area contributed by atoms with Gasteiger partial charge in [-0.05, 0) is 48.7 Å². The lowest BCUT2D eigenvalue weighted by atomic mass is 9.98. The molecule has 0 bridgehead atoms. The molecule has 3 rings (SSSR count). The number of hydrogen-bond acceptors (Lipinski definition) is 8. The van der Waals surface area contributed by atoms with Crippen molar-refractivity contribution in [2.75, 3.05) is 34.0 Å². The second kappa shape index (κ2) is 15.1. The Morgan fingerprint density at radius 1 is 0.778 bits per heavy atom. The quantitative estimate of drug-likeness (QED) is 0.363. The Labute approximate surface area is 214 Å². The highest BCUT2D eigenvalue weighted by Crippen LogP contribution is 2.29. The zero-order valence-corrected chi connectivity index (χ0v) is 21.8. The molecule has 36 heavy (non-hydrogen) atoms. The third kappa shape index (κ3) is 8.16. The summed E-state index contributed by atoms with van der Waals surface area (Å²) in [6.07, 6.45) is -1.59. The maximum absolute atomic E-state index is 11.3. The molecule has 0 saturated carbocycles. The number of aliphatic hydroxyl groups is 1. The van der Waals surface area contributed by atoms with Crippen LogP contribution in [-0.2, 0) is 36.9 Å². The molecule has 1 aliphatic rings. The van der Waals surface area contributed by atoms with E-state index < -0.39 is 30.7 Å². The van der Waals surface area contributed by atoms with Crippen molar-refractivity contribution >= 4 is 0 Å². The SMILES string of the molecule is CCCCOC1C(OCC)OC(COCc2ccc(OC)cc2)C(O)C1OCc1ccc(OC)cc1. The molecule has 2 aromatic rings. The molecule has 1 aliphatic heterocycles. The molecule has 200 valence electrons. The van der Waals surface area contributed by atoms with E-state index in [0.717, 1.165) is 35.5 Å². The summed E-state index contributed by atoms with van der Waals surface area (Å²) in [6, 6.07) is 15.3. The number of benzene rings is 2. The fourth-order valence-corrected chi connectivity index (χ4v) is 3.99. The van der Waals surface area contributed by atoms with Crippen molar-refractivity contribution in [1.82, 2.24) is 0 Å². The van der Waals surface area contributed by atoms with Crippen molar-refractivity contribution in [1.29, 1.82) is 0 Å². The second-order valence-corrected chi connectivity index (χ2v) is 8.66. The molecule has 1 saturated heterocycles. The first-order valence-electron chi connectivity index (χ1n) is 12.6. The van der Waals surface area contributed by atoms with Crippen LogP contribution in [0.3, 0.4) is 0 Å². The van der Waals surface area contributed by atoms with Gasteiger partial charge in [-0.15, -0.1) is 0 Å². The summed E-state index contributed by atoms with van der Waals surface area (Å²) in [5.74, 6) is 1.56. The molecule has 0 amide bonds. The van der Waals surface area contributed by atoms with Crippen molar-refractivity contribution in [3.05, 3.63) is 59.7 Å². The van der Waals surface area contributed by atoms with Crippen LogP contribution >= 0.6 is 0 Å². The summed E-state index contributed by atoms with van der Waals surface area (Å²) >= 11 is 0. The van der Waals surface area contributed by atoms with Gasteiger partial charge in [-0.3, -0.25) is 0 Å². The fourth-order valence-electron chi connectivity index (χ4n) is 3.99. The summed E-state index contributed by atoms with van der Waals surface area (Å²) in [7, 11) is 3.27. The Hall–Kier alpha value is -2.20. The van der Waals surface area contributed by atoms with E-state index in [1.54, 1.807) is 14.2 Å². The molecule has 1 heterocycles. The van der Waals surface area contributed by atoms with Crippen molar-refractivity contribution in [3.8, 4) is 11.5 Å². The maximum atomic E-state index is 11.3. The third-order valence-electron chi connectivity index (χ3n) is 6.07. The minimum Gasteiger partial charge on any atom is -0.497 e. The van der Waals surface area contributed by atoms with E-state index in [4.69, 9.17) is 33.2 Å². The van der Waals surface area contributed by atoms with E-state index in [9.17, 15) is 5.11 Å². The Morgan fingerprint density at radius 3 is 1.94 bits per heavy atom. The molecular weight excluding hydrogens is 464 g/mol. The summed E-state index contributed by atoms with van der Waals surface area (Å²) in [6.45, 7) is 5.84. The van der Waals surface area contributed by atoms with Crippen LogP contribution in [0.25, 0.3) is 0 Å². The van der Waals surface area contributed by atoms with Gasteiger partial charge in [-0.25, -0.2) is 0 Å². The predicted octanol–water partition coefficient (Wildman–Crippen LogP) is 4.11. The molecule has 1 fully saturated rings. The number of methoxy groups -OCH3 is 2.